The Bertz CT molecular complexity index is 3580. The van der Waals surface area contributed by atoms with Crippen LogP contribution in [0, 0.1) is 29.2 Å². The fourth-order valence-electron chi connectivity index (χ4n) is 8.83. The SMILES string of the molecule is [C-]#[N+]c1cc(-c2cc(C#N)cc(-n3c4ccccc4c4cc(-n5c6ccccc6c6cc(C#N)ccc65)ccc43)c2)cc(-n2c3ccccc3c3ccccc32)c1. The Balaban J connectivity index is 1.12. The molecule has 8 aromatic carbocycles. The van der Waals surface area contributed by atoms with E-state index < -0.39 is 0 Å². The fourth-order valence-corrected chi connectivity index (χ4v) is 8.83. The maximum Gasteiger partial charge on any atom is 0.189 e. The van der Waals surface area contributed by atoms with E-state index in [4.69, 9.17) is 6.57 Å². The van der Waals surface area contributed by atoms with Gasteiger partial charge in [-0.2, -0.15) is 10.5 Å². The van der Waals surface area contributed by atoms with Crippen LogP contribution in [0.25, 0.3) is 98.5 Å². The van der Waals surface area contributed by atoms with Crippen molar-refractivity contribution >= 4 is 71.1 Å². The summed E-state index contributed by atoms with van der Waals surface area (Å²) < 4.78 is 6.73. The molecule has 0 aliphatic rings. The second-order valence-corrected chi connectivity index (χ2v) is 14.4. The van der Waals surface area contributed by atoms with E-state index in [1.165, 1.54) is 0 Å². The van der Waals surface area contributed by atoms with Crippen molar-refractivity contribution in [3.63, 3.8) is 0 Å². The summed E-state index contributed by atoms with van der Waals surface area (Å²) in [6.07, 6.45) is 0. The lowest BCUT2D eigenvalue weighted by Gasteiger charge is -2.14. The number of benzene rings is 8. The summed E-state index contributed by atoms with van der Waals surface area (Å²) >= 11 is 0. The predicted molar refractivity (Wildman–Crippen MR) is 231 cm³/mol. The predicted octanol–water partition coefficient (Wildman–Crippen LogP) is 12.9. The van der Waals surface area contributed by atoms with Gasteiger partial charge in [0.05, 0.1) is 62.9 Å². The first-order valence-corrected chi connectivity index (χ1v) is 18.7. The highest BCUT2D eigenvalue weighted by atomic mass is 15.0. The summed E-state index contributed by atoms with van der Waals surface area (Å²) in [5, 5.41) is 26.7. The van der Waals surface area contributed by atoms with Crippen LogP contribution >= 0.6 is 0 Å². The molecular weight excluding hydrogens is 697 g/mol. The molecule has 11 aromatic rings. The van der Waals surface area contributed by atoms with Gasteiger partial charge in [0.1, 0.15) is 0 Å². The molecule has 6 nitrogen and oxygen atoms in total. The quantitative estimate of drug-likeness (QED) is 0.170. The molecule has 0 aliphatic heterocycles. The minimum Gasteiger partial charge on any atom is -0.310 e. The number of nitrogens with zero attached hydrogens (tertiary/aromatic N) is 6. The van der Waals surface area contributed by atoms with Crippen LogP contribution in [0.2, 0.25) is 0 Å². The molecule has 6 heteroatoms. The van der Waals surface area contributed by atoms with Crippen LogP contribution in [-0.4, -0.2) is 13.7 Å². The van der Waals surface area contributed by atoms with Crippen molar-refractivity contribution in [2.75, 3.05) is 0 Å². The van der Waals surface area contributed by atoms with Crippen molar-refractivity contribution in [2.45, 2.75) is 0 Å². The van der Waals surface area contributed by atoms with Crippen molar-refractivity contribution in [1.29, 1.82) is 10.5 Å². The summed E-state index contributed by atoms with van der Waals surface area (Å²) in [5.74, 6) is 0. The van der Waals surface area contributed by atoms with Crippen LogP contribution in [-0.2, 0) is 0 Å². The van der Waals surface area contributed by atoms with Crippen molar-refractivity contribution < 1.29 is 0 Å². The molecule has 0 spiro atoms. The summed E-state index contributed by atoms with van der Waals surface area (Å²) in [7, 11) is 0. The number of rotatable bonds is 4. The van der Waals surface area contributed by atoms with Gasteiger partial charge in [-0.15, -0.1) is 0 Å². The minimum atomic E-state index is 0.520. The molecular formula is C51H28N6. The molecule has 0 saturated carbocycles. The lowest BCUT2D eigenvalue weighted by atomic mass is 10.0. The molecule has 11 rings (SSSR count). The Labute approximate surface area is 326 Å². The van der Waals surface area contributed by atoms with Crippen molar-refractivity contribution in [2.24, 2.45) is 0 Å². The first kappa shape index (κ1) is 32.1. The molecule has 0 fully saturated rings. The van der Waals surface area contributed by atoms with Crippen LogP contribution < -0.4 is 0 Å². The molecule has 0 amide bonds. The van der Waals surface area contributed by atoms with Gasteiger partial charge in [0.25, 0.3) is 0 Å². The normalized spacial score (nSPS) is 11.5. The van der Waals surface area contributed by atoms with E-state index in [9.17, 15) is 10.5 Å². The highest BCUT2D eigenvalue weighted by molar-refractivity contribution is 6.13. The largest absolute Gasteiger partial charge is 0.310 e. The van der Waals surface area contributed by atoms with Gasteiger partial charge in [-0.05, 0) is 108 Å². The van der Waals surface area contributed by atoms with E-state index in [2.05, 4.69) is 128 Å². The van der Waals surface area contributed by atoms with Crippen molar-refractivity contribution in [1.82, 2.24) is 13.7 Å². The second kappa shape index (κ2) is 12.3. The number of aromatic nitrogens is 3. The van der Waals surface area contributed by atoms with Gasteiger partial charge >= 0.3 is 0 Å². The van der Waals surface area contributed by atoms with Gasteiger partial charge in [-0.1, -0.05) is 72.8 Å². The highest BCUT2D eigenvalue weighted by Crippen LogP contribution is 2.40. The van der Waals surface area contributed by atoms with Gasteiger partial charge in [0.15, 0.2) is 5.69 Å². The molecule has 0 N–H and O–H groups in total. The summed E-state index contributed by atoms with van der Waals surface area (Å²) in [4.78, 5) is 3.91. The van der Waals surface area contributed by atoms with Crippen LogP contribution in [0.15, 0.2) is 170 Å². The number of hydrogen-bond acceptors (Lipinski definition) is 2. The maximum absolute atomic E-state index is 10.4. The smallest absolute Gasteiger partial charge is 0.189 e. The van der Waals surface area contributed by atoms with Crippen molar-refractivity contribution in [3.05, 3.63) is 192 Å². The molecule has 0 unspecified atom stereocenters. The van der Waals surface area contributed by atoms with E-state index in [0.717, 1.165) is 93.6 Å². The number of nitriles is 2. The Kier molecular flexibility index (Phi) is 6.95. The monoisotopic (exact) mass is 724 g/mol. The first-order valence-electron chi connectivity index (χ1n) is 18.7. The topological polar surface area (TPSA) is 66.7 Å². The van der Waals surface area contributed by atoms with E-state index in [1.54, 1.807) is 0 Å². The van der Waals surface area contributed by atoms with Crippen LogP contribution in [0.1, 0.15) is 11.1 Å². The van der Waals surface area contributed by atoms with E-state index in [1.807, 2.05) is 72.8 Å². The molecule has 262 valence electrons. The van der Waals surface area contributed by atoms with Gasteiger partial charge in [0, 0.05) is 49.4 Å². The van der Waals surface area contributed by atoms with Crippen LogP contribution in [0.5, 0.6) is 0 Å². The van der Waals surface area contributed by atoms with Crippen LogP contribution in [0.4, 0.5) is 5.69 Å². The molecule has 57 heavy (non-hydrogen) atoms. The average molecular weight is 725 g/mol. The zero-order chi connectivity index (χ0) is 38.2. The third kappa shape index (κ3) is 4.81. The average Bonchev–Trinajstić information content (AvgIpc) is 3.91. The standard InChI is InChI=1S/C51H28N6/c1-54-36-25-35(27-39(28-36)57-46-14-6-2-10-40(46)41-11-3-7-15-47(41)57)34-22-33(31-53)23-38(26-34)56-49-17-9-5-13-43(49)45-29-37(19-21-51(45)56)55-48-16-8-4-12-42(48)44-24-32(30-52)18-20-50(44)55/h2-29H. The molecule has 0 bridgehead atoms. The Morgan fingerprint density at radius 3 is 1.35 bits per heavy atom. The molecule has 0 saturated heterocycles. The van der Waals surface area contributed by atoms with Gasteiger partial charge < -0.3 is 13.7 Å². The molecule has 0 radical (unpaired) electrons. The summed E-state index contributed by atoms with van der Waals surface area (Å²) in [5.41, 5.74) is 12.4. The van der Waals surface area contributed by atoms with Crippen molar-refractivity contribution in [3.8, 4) is 40.3 Å². The van der Waals surface area contributed by atoms with Gasteiger partial charge in [0.2, 0.25) is 0 Å². The summed E-state index contributed by atoms with van der Waals surface area (Å²) in [6, 6.07) is 62.5. The fraction of sp³-hybridized carbons (Fsp3) is 0. The van der Waals surface area contributed by atoms with E-state index in [0.29, 0.717) is 16.8 Å². The maximum atomic E-state index is 10.4. The first-order chi connectivity index (χ1) is 28.1. The second-order valence-electron chi connectivity index (χ2n) is 14.4. The van der Waals surface area contributed by atoms with Gasteiger partial charge in [-0.3, -0.25) is 0 Å². The minimum absolute atomic E-state index is 0.520. The zero-order valence-corrected chi connectivity index (χ0v) is 30.3. The zero-order valence-electron chi connectivity index (χ0n) is 30.3. The Morgan fingerprint density at radius 1 is 0.368 bits per heavy atom. The molecule has 0 atom stereocenters. The Morgan fingerprint density at radius 2 is 0.807 bits per heavy atom. The summed E-state index contributed by atoms with van der Waals surface area (Å²) in [6.45, 7) is 8.09. The number of hydrogen-bond donors (Lipinski definition) is 0. The van der Waals surface area contributed by atoms with E-state index >= 15 is 0 Å². The lowest BCUT2D eigenvalue weighted by Crippen LogP contribution is -1.98. The number of fused-ring (bicyclic) bond motifs is 9. The third-order valence-corrected chi connectivity index (χ3v) is 11.2. The van der Waals surface area contributed by atoms with Gasteiger partial charge in [-0.25, -0.2) is 4.85 Å². The molecule has 3 aromatic heterocycles. The van der Waals surface area contributed by atoms with E-state index in [-0.39, 0.29) is 0 Å². The van der Waals surface area contributed by atoms with Crippen LogP contribution in [0.3, 0.4) is 0 Å². The molecule has 3 heterocycles. The lowest BCUT2D eigenvalue weighted by molar-refractivity contribution is 1.16. The Hall–Kier alpha value is -8.37. The third-order valence-electron chi connectivity index (χ3n) is 11.2. The number of para-hydroxylation sites is 4. The highest BCUT2D eigenvalue weighted by Gasteiger charge is 2.19. The molecule has 0 aliphatic carbocycles.